The lowest BCUT2D eigenvalue weighted by Crippen LogP contribution is -2.61. The molecule has 0 saturated heterocycles. The summed E-state index contributed by atoms with van der Waals surface area (Å²) in [7, 11) is 2.33. The lowest BCUT2D eigenvalue weighted by atomic mass is 9.55. The third-order valence-electron chi connectivity index (χ3n) is 8.11. The normalized spacial score (nSPS) is 18.3. The molecule has 25 heavy (non-hydrogen) atoms. The van der Waals surface area contributed by atoms with E-state index in [9.17, 15) is 0 Å². The number of benzene rings is 1. The molecule has 0 radical (unpaired) electrons. The minimum Gasteiger partial charge on any atom is -0.298 e. The maximum absolute atomic E-state index is 2.65. The van der Waals surface area contributed by atoms with E-state index in [-0.39, 0.29) is 16.4 Å². The SMILES string of the molecule is CCC(C)(N(C)C(C)C(C)C)C(C)(C)C(C)C(C)(C)c1ccccc1. The summed E-state index contributed by atoms with van der Waals surface area (Å²) in [6.07, 6.45) is 1.16. The van der Waals surface area contributed by atoms with Gasteiger partial charge in [-0.15, -0.1) is 0 Å². The Kier molecular flexibility index (Phi) is 6.95. The molecule has 0 aliphatic rings. The highest BCUT2D eigenvalue weighted by atomic mass is 15.2. The second kappa shape index (κ2) is 7.82. The van der Waals surface area contributed by atoms with Crippen LogP contribution in [0.3, 0.4) is 0 Å². The second-order valence-corrected chi connectivity index (χ2v) is 9.75. The molecule has 0 amide bonds. The molecule has 3 atom stereocenters. The molecule has 1 nitrogen and oxygen atoms in total. The summed E-state index contributed by atoms with van der Waals surface area (Å²) in [5.41, 5.74) is 1.87. The molecular formula is C24H43N. The zero-order chi connectivity index (χ0) is 19.6. The fraction of sp³-hybridized carbons (Fsp3) is 0.750. The molecule has 0 bridgehead atoms. The van der Waals surface area contributed by atoms with Crippen molar-refractivity contribution in [3.05, 3.63) is 35.9 Å². The highest BCUT2D eigenvalue weighted by Crippen LogP contribution is 2.51. The molecule has 1 aromatic carbocycles. The monoisotopic (exact) mass is 345 g/mol. The maximum atomic E-state index is 2.65. The topological polar surface area (TPSA) is 3.24 Å². The van der Waals surface area contributed by atoms with E-state index in [2.05, 4.69) is 112 Å². The molecule has 0 heterocycles. The number of hydrogen-bond donors (Lipinski definition) is 0. The van der Waals surface area contributed by atoms with Gasteiger partial charge in [-0.2, -0.15) is 0 Å². The summed E-state index contributed by atoms with van der Waals surface area (Å²) in [4.78, 5) is 2.65. The molecule has 1 aromatic rings. The van der Waals surface area contributed by atoms with Crippen molar-refractivity contribution < 1.29 is 0 Å². The third-order valence-corrected chi connectivity index (χ3v) is 8.11. The van der Waals surface area contributed by atoms with Crippen LogP contribution in [0.4, 0.5) is 0 Å². The molecule has 0 spiro atoms. The zero-order valence-electron chi connectivity index (χ0n) is 18.8. The van der Waals surface area contributed by atoms with Gasteiger partial charge in [-0.3, -0.25) is 4.90 Å². The summed E-state index contributed by atoms with van der Waals surface area (Å²) in [5.74, 6) is 1.19. The first-order valence-corrected chi connectivity index (χ1v) is 10.1. The largest absolute Gasteiger partial charge is 0.298 e. The van der Waals surface area contributed by atoms with Gasteiger partial charge < -0.3 is 0 Å². The molecule has 1 rings (SSSR count). The molecule has 0 aliphatic heterocycles. The molecule has 0 aliphatic carbocycles. The molecular weight excluding hydrogens is 302 g/mol. The first-order valence-electron chi connectivity index (χ1n) is 10.1. The Hall–Kier alpha value is -0.820. The van der Waals surface area contributed by atoms with E-state index in [1.54, 1.807) is 0 Å². The second-order valence-electron chi connectivity index (χ2n) is 9.75. The summed E-state index contributed by atoms with van der Waals surface area (Å²) in [6, 6.07) is 11.6. The smallest absolute Gasteiger partial charge is 0.0232 e. The standard InChI is InChI=1S/C24H43N/c1-12-24(10,25(11)19(4)18(2)3)23(8,9)20(5)22(6,7)21-16-14-13-15-17-21/h13-20H,12H2,1-11H3. The highest BCUT2D eigenvalue weighted by molar-refractivity contribution is 5.26. The van der Waals surface area contributed by atoms with Crippen LogP contribution in [0.2, 0.25) is 0 Å². The van der Waals surface area contributed by atoms with Crippen LogP contribution in [0.15, 0.2) is 30.3 Å². The van der Waals surface area contributed by atoms with E-state index in [1.165, 1.54) is 5.56 Å². The average Bonchev–Trinajstić information content (AvgIpc) is 2.59. The zero-order valence-corrected chi connectivity index (χ0v) is 18.8. The van der Waals surface area contributed by atoms with E-state index >= 15 is 0 Å². The van der Waals surface area contributed by atoms with Crippen molar-refractivity contribution in [3.8, 4) is 0 Å². The van der Waals surface area contributed by atoms with Crippen molar-refractivity contribution in [1.29, 1.82) is 0 Å². The Bertz CT molecular complexity index is 528. The molecule has 0 N–H and O–H groups in total. The van der Waals surface area contributed by atoms with Crippen LogP contribution >= 0.6 is 0 Å². The maximum Gasteiger partial charge on any atom is 0.0232 e. The first-order chi connectivity index (χ1) is 11.3. The van der Waals surface area contributed by atoms with Gasteiger partial charge in [-0.25, -0.2) is 0 Å². The van der Waals surface area contributed by atoms with E-state index < -0.39 is 0 Å². The molecule has 3 unspecified atom stereocenters. The van der Waals surface area contributed by atoms with Gasteiger partial charge in [0, 0.05) is 11.6 Å². The predicted octanol–water partition coefficient (Wildman–Crippen LogP) is 6.77. The van der Waals surface area contributed by atoms with Crippen molar-refractivity contribution in [2.75, 3.05) is 7.05 Å². The number of rotatable bonds is 8. The molecule has 0 fully saturated rings. The molecule has 144 valence electrons. The molecule has 1 heteroatoms. The Morgan fingerprint density at radius 3 is 1.76 bits per heavy atom. The minimum absolute atomic E-state index is 0.128. The Balaban J connectivity index is 3.30. The minimum atomic E-state index is 0.128. The number of nitrogens with zero attached hydrogens (tertiary/aromatic N) is 1. The first kappa shape index (κ1) is 22.2. The highest BCUT2D eigenvalue weighted by Gasteiger charge is 2.51. The van der Waals surface area contributed by atoms with Crippen LogP contribution in [-0.2, 0) is 5.41 Å². The third kappa shape index (κ3) is 3.97. The van der Waals surface area contributed by atoms with Crippen molar-refractivity contribution in [2.45, 2.75) is 92.7 Å². The van der Waals surface area contributed by atoms with Crippen LogP contribution in [0, 0.1) is 17.3 Å². The van der Waals surface area contributed by atoms with Gasteiger partial charge in [0.05, 0.1) is 0 Å². The van der Waals surface area contributed by atoms with Gasteiger partial charge in [0.2, 0.25) is 0 Å². The van der Waals surface area contributed by atoms with Gasteiger partial charge in [-0.05, 0) is 55.5 Å². The summed E-state index contributed by atoms with van der Waals surface area (Å²) in [6.45, 7) is 24.1. The summed E-state index contributed by atoms with van der Waals surface area (Å²) >= 11 is 0. The van der Waals surface area contributed by atoms with Gasteiger partial charge in [0.1, 0.15) is 0 Å². The van der Waals surface area contributed by atoms with Gasteiger partial charge in [0.15, 0.2) is 0 Å². The predicted molar refractivity (Wildman–Crippen MR) is 113 cm³/mol. The van der Waals surface area contributed by atoms with E-state index in [0.29, 0.717) is 17.9 Å². The Labute approximate surface area is 158 Å². The Morgan fingerprint density at radius 1 is 0.880 bits per heavy atom. The van der Waals surface area contributed by atoms with Crippen LogP contribution in [0.5, 0.6) is 0 Å². The average molecular weight is 346 g/mol. The van der Waals surface area contributed by atoms with Crippen molar-refractivity contribution in [3.63, 3.8) is 0 Å². The summed E-state index contributed by atoms with van der Waals surface area (Å²) in [5, 5.41) is 0. The van der Waals surface area contributed by atoms with E-state index in [0.717, 1.165) is 6.42 Å². The van der Waals surface area contributed by atoms with Crippen LogP contribution in [0.1, 0.15) is 81.2 Å². The molecule has 0 aromatic heterocycles. The lowest BCUT2D eigenvalue weighted by molar-refractivity contribution is -0.0670. The van der Waals surface area contributed by atoms with Gasteiger partial charge >= 0.3 is 0 Å². The van der Waals surface area contributed by atoms with Gasteiger partial charge in [-0.1, -0.05) is 85.7 Å². The summed E-state index contributed by atoms with van der Waals surface area (Å²) < 4.78 is 0. The fourth-order valence-corrected chi connectivity index (χ4v) is 4.54. The Morgan fingerprint density at radius 2 is 1.36 bits per heavy atom. The van der Waals surface area contributed by atoms with E-state index in [1.807, 2.05) is 0 Å². The van der Waals surface area contributed by atoms with Gasteiger partial charge in [0.25, 0.3) is 0 Å². The van der Waals surface area contributed by atoms with Crippen LogP contribution < -0.4 is 0 Å². The molecule has 0 saturated carbocycles. The van der Waals surface area contributed by atoms with E-state index in [4.69, 9.17) is 0 Å². The van der Waals surface area contributed by atoms with Crippen molar-refractivity contribution in [1.82, 2.24) is 4.90 Å². The van der Waals surface area contributed by atoms with Crippen LogP contribution in [-0.4, -0.2) is 23.5 Å². The lowest BCUT2D eigenvalue weighted by Gasteiger charge is -2.58. The quantitative estimate of drug-likeness (QED) is 0.502. The van der Waals surface area contributed by atoms with Crippen molar-refractivity contribution >= 4 is 0 Å². The van der Waals surface area contributed by atoms with Crippen LogP contribution in [0.25, 0.3) is 0 Å². The van der Waals surface area contributed by atoms with Crippen molar-refractivity contribution in [2.24, 2.45) is 17.3 Å². The fourth-order valence-electron chi connectivity index (χ4n) is 4.54. The number of hydrogen-bond acceptors (Lipinski definition) is 1.